The molecule has 0 amide bonds. The van der Waals surface area contributed by atoms with Gasteiger partial charge < -0.3 is 0 Å². The molecule has 0 aliphatic carbocycles. The van der Waals surface area contributed by atoms with E-state index < -0.39 is 0 Å². The molecule has 0 saturated carbocycles. The van der Waals surface area contributed by atoms with Gasteiger partial charge in [-0.1, -0.05) is 66.7 Å². The number of aldehydes is 2. The number of carbonyl (C=O) groups excluding carboxylic acids is 2. The molecule has 0 N–H and O–H groups in total. The Morgan fingerprint density at radius 2 is 1.22 bits per heavy atom. The van der Waals surface area contributed by atoms with E-state index in [0.29, 0.717) is 11.1 Å². The number of hydrogen-bond donors (Lipinski definition) is 0. The molecule has 0 aromatic heterocycles. The molecule has 23 heavy (non-hydrogen) atoms. The van der Waals surface area contributed by atoms with Crippen LogP contribution in [0.5, 0.6) is 0 Å². The number of aryl methyl sites for hydroxylation is 1. The van der Waals surface area contributed by atoms with Crippen molar-refractivity contribution in [3.8, 4) is 22.3 Å². The second-order valence-electron chi connectivity index (χ2n) is 5.40. The summed E-state index contributed by atoms with van der Waals surface area (Å²) < 4.78 is 0. The lowest BCUT2D eigenvalue weighted by Gasteiger charge is -2.14. The van der Waals surface area contributed by atoms with E-state index in [1.54, 1.807) is 0 Å². The first-order chi connectivity index (χ1) is 11.3. The largest absolute Gasteiger partial charge is 0.298 e. The summed E-state index contributed by atoms with van der Waals surface area (Å²) in [7, 11) is 0. The van der Waals surface area contributed by atoms with Gasteiger partial charge in [-0.05, 0) is 34.7 Å². The Kier molecular flexibility index (Phi) is 4.15. The average Bonchev–Trinajstić information content (AvgIpc) is 2.62. The van der Waals surface area contributed by atoms with Crippen LogP contribution in [0.4, 0.5) is 0 Å². The zero-order valence-electron chi connectivity index (χ0n) is 12.8. The molecule has 0 heterocycles. The fourth-order valence-electron chi connectivity index (χ4n) is 2.85. The second kappa shape index (κ2) is 6.41. The zero-order chi connectivity index (χ0) is 16.2. The van der Waals surface area contributed by atoms with Gasteiger partial charge in [-0.3, -0.25) is 9.59 Å². The van der Waals surface area contributed by atoms with Crippen LogP contribution in [0.25, 0.3) is 22.3 Å². The minimum absolute atomic E-state index is 0.448. The van der Waals surface area contributed by atoms with Gasteiger partial charge in [0.1, 0.15) is 0 Å². The quantitative estimate of drug-likeness (QED) is 0.639. The number of carbonyl (C=O) groups is 2. The normalized spacial score (nSPS) is 10.3. The zero-order valence-corrected chi connectivity index (χ0v) is 12.8. The van der Waals surface area contributed by atoms with Crippen molar-refractivity contribution in [3.05, 3.63) is 83.4 Å². The summed E-state index contributed by atoms with van der Waals surface area (Å²) in [6.45, 7) is 1.84. The van der Waals surface area contributed by atoms with Crippen molar-refractivity contribution < 1.29 is 9.59 Å². The molecule has 3 aromatic rings. The van der Waals surface area contributed by atoms with Crippen LogP contribution < -0.4 is 0 Å². The van der Waals surface area contributed by atoms with E-state index in [4.69, 9.17) is 0 Å². The Bertz CT molecular complexity index is 864. The molecule has 0 aliphatic heterocycles. The second-order valence-corrected chi connectivity index (χ2v) is 5.40. The van der Waals surface area contributed by atoms with Crippen LogP contribution in [0.3, 0.4) is 0 Å². The lowest BCUT2D eigenvalue weighted by atomic mass is 9.89. The number of hydrogen-bond acceptors (Lipinski definition) is 2. The summed E-state index contributed by atoms with van der Waals surface area (Å²) in [4.78, 5) is 23.0. The van der Waals surface area contributed by atoms with Gasteiger partial charge >= 0.3 is 0 Å². The van der Waals surface area contributed by atoms with E-state index in [1.807, 2.05) is 73.7 Å². The van der Waals surface area contributed by atoms with Crippen LogP contribution >= 0.6 is 0 Å². The molecule has 2 heteroatoms. The lowest BCUT2D eigenvalue weighted by Crippen LogP contribution is -1.99. The molecule has 0 bridgehead atoms. The Balaban J connectivity index is 2.29. The SMILES string of the molecule is Cc1ccc(-c2ccccc2-c2ccccc2)c(C=O)c1C=O. The van der Waals surface area contributed by atoms with Gasteiger partial charge in [-0.2, -0.15) is 0 Å². The molecule has 0 aliphatic rings. The van der Waals surface area contributed by atoms with Gasteiger partial charge in [-0.15, -0.1) is 0 Å². The Hall–Kier alpha value is -3.00. The third kappa shape index (κ3) is 2.71. The Morgan fingerprint density at radius 1 is 0.609 bits per heavy atom. The van der Waals surface area contributed by atoms with Crippen LogP contribution in [0.15, 0.2) is 66.7 Å². The van der Waals surface area contributed by atoms with E-state index >= 15 is 0 Å². The monoisotopic (exact) mass is 300 g/mol. The van der Waals surface area contributed by atoms with Crippen LogP contribution in [0.1, 0.15) is 26.3 Å². The van der Waals surface area contributed by atoms with Gasteiger partial charge in [0.2, 0.25) is 0 Å². The fourth-order valence-corrected chi connectivity index (χ4v) is 2.85. The highest BCUT2D eigenvalue weighted by atomic mass is 16.1. The molecule has 2 nitrogen and oxygen atoms in total. The molecular formula is C21H16O2. The molecule has 0 unspecified atom stereocenters. The van der Waals surface area contributed by atoms with Crippen molar-refractivity contribution in [1.29, 1.82) is 0 Å². The third-order valence-corrected chi connectivity index (χ3v) is 4.04. The summed E-state index contributed by atoms with van der Waals surface area (Å²) in [6, 6.07) is 21.7. The molecule has 0 saturated heterocycles. The van der Waals surface area contributed by atoms with Crippen molar-refractivity contribution in [1.82, 2.24) is 0 Å². The first kappa shape index (κ1) is 14.9. The molecule has 0 spiro atoms. The van der Waals surface area contributed by atoms with Crippen molar-refractivity contribution in [3.63, 3.8) is 0 Å². The van der Waals surface area contributed by atoms with Gasteiger partial charge in [0.05, 0.1) is 0 Å². The molecule has 3 rings (SSSR count). The van der Waals surface area contributed by atoms with Crippen molar-refractivity contribution in [2.75, 3.05) is 0 Å². The summed E-state index contributed by atoms with van der Waals surface area (Å²) in [5.74, 6) is 0. The maximum atomic E-state index is 11.6. The van der Waals surface area contributed by atoms with Crippen LogP contribution in [-0.2, 0) is 0 Å². The highest BCUT2D eigenvalue weighted by Gasteiger charge is 2.14. The summed E-state index contributed by atoms with van der Waals surface area (Å²) in [5, 5.41) is 0. The standard InChI is InChI=1S/C21H16O2/c1-15-11-12-19(21(14-23)20(15)13-22)18-10-6-5-9-17(18)16-7-3-2-4-8-16/h2-14H,1H3. The first-order valence-corrected chi connectivity index (χ1v) is 7.45. The molecule has 0 radical (unpaired) electrons. The van der Waals surface area contributed by atoms with Gasteiger partial charge in [0.25, 0.3) is 0 Å². The predicted molar refractivity (Wildman–Crippen MR) is 92.8 cm³/mol. The molecule has 0 atom stereocenters. The van der Waals surface area contributed by atoms with Crippen LogP contribution in [-0.4, -0.2) is 12.6 Å². The minimum Gasteiger partial charge on any atom is -0.298 e. The summed E-state index contributed by atoms with van der Waals surface area (Å²) in [5.41, 5.74) is 5.56. The Labute approximate surface area is 135 Å². The maximum absolute atomic E-state index is 11.6. The van der Waals surface area contributed by atoms with Gasteiger partial charge in [0.15, 0.2) is 12.6 Å². The third-order valence-electron chi connectivity index (χ3n) is 4.04. The molecular weight excluding hydrogens is 284 g/mol. The van der Waals surface area contributed by atoms with Crippen LogP contribution in [0, 0.1) is 6.92 Å². The number of rotatable bonds is 4. The summed E-state index contributed by atoms with van der Waals surface area (Å²) >= 11 is 0. The maximum Gasteiger partial charge on any atom is 0.151 e. The highest BCUT2D eigenvalue weighted by Crippen LogP contribution is 2.34. The molecule has 0 fully saturated rings. The van der Waals surface area contributed by atoms with E-state index in [2.05, 4.69) is 0 Å². The lowest BCUT2D eigenvalue weighted by molar-refractivity contribution is 0.109. The minimum atomic E-state index is 0.448. The summed E-state index contributed by atoms with van der Waals surface area (Å²) in [6.07, 6.45) is 1.53. The molecule has 112 valence electrons. The van der Waals surface area contributed by atoms with Gasteiger partial charge in [0, 0.05) is 11.1 Å². The van der Waals surface area contributed by atoms with Crippen LogP contribution in [0.2, 0.25) is 0 Å². The van der Waals surface area contributed by atoms with E-state index in [0.717, 1.165) is 40.4 Å². The van der Waals surface area contributed by atoms with Crippen molar-refractivity contribution in [2.45, 2.75) is 6.92 Å². The average molecular weight is 300 g/mol. The van der Waals surface area contributed by atoms with Crippen molar-refractivity contribution in [2.24, 2.45) is 0 Å². The van der Waals surface area contributed by atoms with Crippen molar-refractivity contribution >= 4 is 12.6 Å². The van der Waals surface area contributed by atoms with E-state index in [1.165, 1.54) is 0 Å². The highest BCUT2D eigenvalue weighted by molar-refractivity contribution is 6.00. The smallest absolute Gasteiger partial charge is 0.151 e. The Morgan fingerprint density at radius 3 is 1.87 bits per heavy atom. The number of benzene rings is 3. The van der Waals surface area contributed by atoms with E-state index in [-0.39, 0.29) is 0 Å². The predicted octanol–water partition coefficient (Wildman–Crippen LogP) is 4.95. The van der Waals surface area contributed by atoms with Gasteiger partial charge in [-0.25, -0.2) is 0 Å². The fraction of sp³-hybridized carbons (Fsp3) is 0.0476. The molecule has 3 aromatic carbocycles. The first-order valence-electron chi connectivity index (χ1n) is 7.45. The topological polar surface area (TPSA) is 34.1 Å². The van der Waals surface area contributed by atoms with E-state index in [9.17, 15) is 9.59 Å².